The second kappa shape index (κ2) is 7.30. The summed E-state index contributed by atoms with van der Waals surface area (Å²) >= 11 is 7.81. The molecule has 0 aliphatic carbocycles. The number of aromatic carboxylic acids is 1. The molecule has 1 aliphatic rings. The Morgan fingerprint density at radius 1 is 1.15 bits per heavy atom. The highest BCUT2D eigenvalue weighted by Crippen LogP contribution is 2.29. The molecule has 1 N–H and O–H groups in total. The summed E-state index contributed by atoms with van der Waals surface area (Å²) in [6.07, 6.45) is 1.39. The van der Waals surface area contributed by atoms with Crippen LogP contribution in [-0.4, -0.2) is 62.9 Å². The van der Waals surface area contributed by atoms with E-state index >= 15 is 0 Å². The van der Waals surface area contributed by atoms with Crippen molar-refractivity contribution in [2.45, 2.75) is 6.54 Å². The Hall–Kier alpha value is -2.42. The van der Waals surface area contributed by atoms with Crippen molar-refractivity contribution >= 4 is 45.0 Å². The van der Waals surface area contributed by atoms with Gasteiger partial charge in [0, 0.05) is 53.5 Å². The smallest absolute Gasteiger partial charge is 0.356 e. The lowest BCUT2D eigenvalue weighted by Crippen LogP contribution is -2.49. The summed E-state index contributed by atoms with van der Waals surface area (Å²) in [5.74, 6) is -1.14. The largest absolute Gasteiger partial charge is 0.476 e. The van der Waals surface area contributed by atoms with E-state index in [2.05, 4.69) is 16.1 Å². The lowest BCUT2D eigenvalue weighted by atomic mass is 10.2. The number of carboxylic acid groups (broad SMARTS) is 1. The van der Waals surface area contributed by atoms with Gasteiger partial charge in [0.15, 0.2) is 5.69 Å². The summed E-state index contributed by atoms with van der Waals surface area (Å²) in [7, 11) is 0. The van der Waals surface area contributed by atoms with E-state index in [1.165, 1.54) is 21.8 Å². The number of carbonyl (C=O) groups is 2. The lowest BCUT2D eigenvalue weighted by molar-refractivity contribution is 0.0689. The van der Waals surface area contributed by atoms with Gasteiger partial charge in [0.05, 0.1) is 0 Å². The summed E-state index contributed by atoms with van der Waals surface area (Å²) in [5, 5.41) is 14.6. The minimum atomic E-state index is -1.14. The van der Waals surface area contributed by atoms with Gasteiger partial charge < -0.3 is 10.0 Å². The van der Waals surface area contributed by atoms with Crippen LogP contribution in [0.5, 0.6) is 0 Å². The average molecular weight is 405 g/mol. The molecule has 0 unspecified atom stereocenters. The average Bonchev–Trinajstić information content (AvgIpc) is 3.28. The number of hydrogen-bond donors (Lipinski definition) is 1. The van der Waals surface area contributed by atoms with E-state index in [0.29, 0.717) is 13.1 Å². The molecule has 9 heteroatoms. The molecule has 1 aliphatic heterocycles. The first-order valence-electron chi connectivity index (χ1n) is 8.48. The van der Waals surface area contributed by atoms with Gasteiger partial charge in [-0.15, -0.1) is 11.3 Å². The number of nitrogens with zero attached hydrogens (tertiary/aromatic N) is 4. The first-order chi connectivity index (χ1) is 13.0. The minimum absolute atomic E-state index is 0.133. The van der Waals surface area contributed by atoms with Crippen LogP contribution in [0.2, 0.25) is 5.02 Å². The third-order valence-corrected chi connectivity index (χ3v) is 5.89. The van der Waals surface area contributed by atoms with Crippen LogP contribution in [0.1, 0.15) is 15.4 Å². The number of hydrogen-bond acceptors (Lipinski definition) is 5. The first kappa shape index (κ1) is 18.0. The van der Waals surface area contributed by atoms with Gasteiger partial charge in [0.25, 0.3) is 0 Å². The van der Waals surface area contributed by atoms with E-state index in [9.17, 15) is 9.59 Å². The molecule has 0 bridgehead atoms. The molecule has 1 saturated heterocycles. The molecule has 7 nitrogen and oxygen atoms in total. The number of amides is 1. The molecule has 0 saturated carbocycles. The van der Waals surface area contributed by atoms with Gasteiger partial charge >= 0.3 is 12.0 Å². The Labute approximate surface area is 164 Å². The predicted octanol–water partition coefficient (Wildman–Crippen LogP) is 3.24. The Morgan fingerprint density at radius 2 is 1.93 bits per heavy atom. The number of fused-ring (bicyclic) bond motifs is 1. The highest BCUT2D eigenvalue weighted by molar-refractivity contribution is 7.19. The number of rotatable bonds is 3. The SMILES string of the molecule is O=C(O)c1ccn(C(=O)N2CCN(Cc3cc4cc(Cl)ccc4s3)CC2)n1. The van der Waals surface area contributed by atoms with Crippen LogP contribution < -0.4 is 0 Å². The van der Waals surface area contributed by atoms with E-state index in [1.807, 2.05) is 18.2 Å². The van der Waals surface area contributed by atoms with E-state index in [1.54, 1.807) is 16.2 Å². The van der Waals surface area contributed by atoms with Gasteiger partial charge in [-0.05, 0) is 35.7 Å². The third kappa shape index (κ3) is 3.83. The molecule has 3 heterocycles. The number of thiophene rings is 1. The van der Waals surface area contributed by atoms with Crippen LogP contribution in [0.3, 0.4) is 0 Å². The minimum Gasteiger partial charge on any atom is -0.476 e. The van der Waals surface area contributed by atoms with Crippen LogP contribution >= 0.6 is 22.9 Å². The maximum Gasteiger partial charge on any atom is 0.356 e. The molecule has 4 rings (SSSR count). The van der Waals surface area contributed by atoms with Crippen molar-refractivity contribution in [1.29, 1.82) is 0 Å². The summed E-state index contributed by atoms with van der Waals surface area (Å²) in [5.41, 5.74) is -0.133. The van der Waals surface area contributed by atoms with E-state index in [-0.39, 0.29) is 11.7 Å². The summed E-state index contributed by atoms with van der Waals surface area (Å²) < 4.78 is 2.31. The van der Waals surface area contributed by atoms with Crippen molar-refractivity contribution in [2.24, 2.45) is 0 Å². The molecule has 1 fully saturated rings. The van der Waals surface area contributed by atoms with Crippen LogP contribution in [0.15, 0.2) is 36.5 Å². The highest BCUT2D eigenvalue weighted by atomic mass is 35.5. The van der Waals surface area contributed by atoms with Gasteiger partial charge in [-0.25, -0.2) is 9.59 Å². The predicted molar refractivity (Wildman–Crippen MR) is 104 cm³/mol. The van der Waals surface area contributed by atoms with E-state index in [4.69, 9.17) is 16.7 Å². The van der Waals surface area contributed by atoms with Crippen molar-refractivity contribution in [3.05, 3.63) is 52.1 Å². The molecule has 27 heavy (non-hydrogen) atoms. The maximum absolute atomic E-state index is 12.5. The Kier molecular flexibility index (Phi) is 4.86. The zero-order valence-electron chi connectivity index (χ0n) is 14.3. The van der Waals surface area contributed by atoms with Gasteiger partial charge in [0.2, 0.25) is 0 Å². The Morgan fingerprint density at radius 3 is 2.63 bits per heavy atom. The van der Waals surface area contributed by atoms with Gasteiger partial charge in [0.1, 0.15) is 0 Å². The molecule has 0 radical (unpaired) electrons. The molecule has 2 aromatic heterocycles. The number of piperazine rings is 1. The normalized spacial score (nSPS) is 15.4. The number of halogens is 1. The summed E-state index contributed by atoms with van der Waals surface area (Å²) in [6, 6.07) is 9.12. The second-order valence-electron chi connectivity index (χ2n) is 6.39. The Bertz CT molecular complexity index is 1010. The van der Waals surface area contributed by atoms with Gasteiger partial charge in [-0.3, -0.25) is 4.90 Å². The fraction of sp³-hybridized carbons (Fsp3) is 0.278. The second-order valence-corrected chi connectivity index (χ2v) is 8.00. The third-order valence-electron chi connectivity index (χ3n) is 4.56. The fourth-order valence-corrected chi connectivity index (χ4v) is 4.42. The summed E-state index contributed by atoms with van der Waals surface area (Å²) in [6.45, 7) is 3.52. The standard InChI is InChI=1S/C18H17ClN4O3S/c19-13-1-2-16-12(9-13)10-14(27-16)11-21-5-7-22(8-6-21)18(26)23-4-3-15(20-23)17(24)25/h1-4,9-10H,5-8,11H2,(H,24,25). The van der Waals surface area contributed by atoms with Crippen LogP contribution in [0, 0.1) is 0 Å². The van der Waals surface area contributed by atoms with Gasteiger partial charge in [-0.1, -0.05) is 11.6 Å². The zero-order valence-corrected chi connectivity index (χ0v) is 15.9. The van der Waals surface area contributed by atoms with Crippen molar-refractivity contribution in [1.82, 2.24) is 19.6 Å². The lowest BCUT2D eigenvalue weighted by Gasteiger charge is -2.34. The van der Waals surface area contributed by atoms with E-state index in [0.717, 1.165) is 34.7 Å². The number of aromatic nitrogens is 2. The molecule has 0 spiro atoms. The number of carboxylic acids is 1. The Balaban J connectivity index is 1.36. The zero-order chi connectivity index (χ0) is 19.0. The topological polar surface area (TPSA) is 78.7 Å². The van der Waals surface area contributed by atoms with Crippen LogP contribution in [-0.2, 0) is 6.54 Å². The summed E-state index contributed by atoms with van der Waals surface area (Å²) in [4.78, 5) is 28.6. The van der Waals surface area contributed by atoms with Crippen molar-refractivity contribution in [2.75, 3.05) is 26.2 Å². The number of carbonyl (C=O) groups excluding carboxylic acids is 1. The molecule has 3 aromatic rings. The van der Waals surface area contributed by atoms with Crippen molar-refractivity contribution in [3.8, 4) is 0 Å². The van der Waals surface area contributed by atoms with Crippen molar-refractivity contribution in [3.63, 3.8) is 0 Å². The van der Waals surface area contributed by atoms with Crippen LogP contribution in [0.25, 0.3) is 10.1 Å². The molecule has 140 valence electrons. The van der Waals surface area contributed by atoms with Crippen LogP contribution in [0.4, 0.5) is 4.79 Å². The fourth-order valence-electron chi connectivity index (χ4n) is 3.15. The van der Waals surface area contributed by atoms with Crippen molar-refractivity contribution < 1.29 is 14.7 Å². The molecular formula is C18H17ClN4O3S. The molecule has 1 aromatic carbocycles. The maximum atomic E-state index is 12.5. The first-order valence-corrected chi connectivity index (χ1v) is 9.67. The monoisotopic (exact) mass is 404 g/mol. The molecule has 1 amide bonds. The van der Waals surface area contributed by atoms with E-state index < -0.39 is 5.97 Å². The van der Waals surface area contributed by atoms with Gasteiger partial charge in [-0.2, -0.15) is 9.78 Å². The highest BCUT2D eigenvalue weighted by Gasteiger charge is 2.23. The molecular weight excluding hydrogens is 388 g/mol. The molecule has 0 atom stereocenters. The number of benzene rings is 1. The quantitative estimate of drug-likeness (QED) is 0.725.